The van der Waals surface area contributed by atoms with Crippen molar-refractivity contribution in [2.75, 3.05) is 0 Å². The predicted octanol–water partition coefficient (Wildman–Crippen LogP) is 4.42. The second-order valence-electron chi connectivity index (χ2n) is 4.30. The summed E-state index contributed by atoms with van der Waals surface area (Å²) in [7, 11) is 0. The Hall–Kier alpha value is -1.22. The summed E-state index contributed by atoms with van der Waals surface area (Å²) in [6.07, 6.45) is 3.02. The lowest BCUT2D eigenvalue weighted by atomic mass is 10.1. The van der Waals surface area contributed by atoms with Crippen LogP contribution in [0.4, 0.5) is 0 Å². The molecule has 0 saturated carbocycles. The van der Waals surface area contributed by atoms with Crippen molar-refractivity contribution in [2.24, 2.45) is 0 Å². The monoisotopic (exact) mass is 304 g/mol. The Balaban J connectivity index is 2.42. The first-order valence-electron chi connectivity index (χ1n) is 6.35. The third kappa shape index (κ3) is 3.16. The van der Waals surface area contributed by atoms with Gasteiger partial charge in [-0.3, -0.25) is 0 Å². The van der Waals surface area contributed by atoms with Crippen LogP contribution in [0, 0.1) is 0 Å². The van der Waals surface area contributed by atoms with Gasteiger partial charge in [0.15, 0.2) is 0 Å². The van der Waals surface area contributed by atoms with Gasteiger partial charge in [0, 0.05) is 12.0 Å². The average Bonchev–Trinajstić information content (AvgIpc) is 2.38. The van der Waals surface area contributed by atoms with Gasteiger partial charge in [-0.25, -0.2) is 9.97 Å². The SMILES string of the molecule is CCCc1nc(Br)cc(-c2cccc(CC)c2)n1. The van der Waals surface area contributed by atoms with E-state index in [1.165, 1.54) is 5.56 Å². The molecule has 0 aliphatic carbocycles. The fourth-order valence-electron chi connectivity index (χ4n) is 1.90. The molecule has 1 heterocycles. The highest BCUT2D eigenvalue weighted by Crippen LogP contribution is 2.22. The Morgan fingerprint density at radius 1 is 1.11 bits per heavy atom. The first-order chi connectivity index (χ1) is 8.72. The Labute approximate surface area is 117 Å². The summed E-state index contributed by atoms with van der Waals surface area (Å²) < 4.78 is 0.859. The molecule has 0 unspecified atom stereocenters. The van der Waals surface area contributed by atoms with Gasteiger partial charge in [0.2, 0.25) is 0 Å². The van der Waals surface area contributed by atoms with Crippen LogP contribution in [0.1, 0.15) is 31.7 Å². The smallest absolute Gasteiger partial charge is 0.130 e. The van der Waals surface area contributed by atoms with Gasteiger partial charge in [0.05, 0.1) is 5.69 Å². The van der Waals surface area contributed by atoms with E-state index in [0.717, 1.165) is 40.9 Å². The van der Waals surface area contributed by atoms with Crippen molar-refractivity contribution < 1.29 is 0 Å². The molecular weight excluding hydrogens is 288 g/mol. The fourth-order valence-corrected chi connectivity index (χ4v) is 2.32. The van der Waals surface area contributed by atoms with Gasteiger partial charge < -0.3 is 0 Å². The first kappa shape index (κ1) is 13.2. The third-order valence-corrected chi connectivity index (χ3v) is 3.25. The van der Waals surface area contributed by atoms with E-state index in [9.17, 15) is 0 Å². The zero-order chi connectivity index (χ0) is 13.0. The van der Waals surface area contributed by atoms with Gasteiger partial charge in [-0.15, -0.1) is 0 Å². The van der Waals surface area contributed by atoms with Crippen LogP contribution >= 0.6 is 15.9 Å². The van der Waals surface area contributed by atoms with Gasteiger partial charge in [-0.1, -0.05) is 32.0 Å². The molecule has 1 aromatic carbocycles. The zero-order valence-electron chi connectivity index (χ0n) is 10.8. The first-order valence-corrected chi connectivity index (χ1v) is 7.15. The summed E-state index contributed by atoms with van der Waals surface area (Å²) in [6, 6.07) is 10.5. The zero-order valence-corrected chi connectivity index (χ0v) is 12.4. The highest BCUT2D eigenvalue weighted by molar-refractivity contribution is 9.10. The fraction of sp³-hybridized carbons (Fsp3) is 0.333. The lowest BCUT2D eigenvalue weighted by Crippen LogP contribution is -1.97. The van der Waals surface area contributed by atoms with E-state index in [-0.39, 0.29) is 0 Å². The topological polar surface area (TPSA) is 25.8 Å². The molecule has 2 nitrogen and oxygen atoms in total. The molecule has 0 saturated heterocycles. The number of benzene rings is 1. The summed E-state index contributed by atoms with van der Waals surface area (Å²) in [6.45, 7) is 4.30. The predicted molar refractivity (Wildman–Crippen MR) is 78.5 cm³/mol. The van der Waals surface area contributed by atoms with E-state index in [1.807, 2.05) is 6.07 Å². The Morgan fingerprint density at radius 3 is 2.67 bits per heavy atom. The van der Waals surface area contributed by atoms with E-state index < -0.39 is 0 Å². The highest BCUT2D eigenvalue weighted by Gasteiger charge is 2.05. The minimum Gasteiger partial charge on any atom is -0.233 e. The molecule has 0 radical (unpaired) electrons. The second kappa shape index (κ2) is 6.10. The molecule has 0 atom stereocenters. The van der Waals surface area contributed by atoms with Crippen LogP contribution in [0.25, 0.3) is 11.3 Å². The molecule has 0 fully saturated rings. The summed E-state index contributed by atoms with van der Waals surface area (Å²) in [5, 5.41) is 0. The standard InChI is InChI=1S/C15H17BrN2/c1-3-6-15-17-13(10-14(16)18-15)12-8-5-7-11(4-2)9-12/h5,7-10H,3-4,6H2,1-2H3. The Morgan fingerprint density at radius 2 is 1.94 bits per heavy atom. The lowest BCUT2D eigenvalue weighted by molar-refractivity contribution is 0.831. The highest BCUT2D eigenvalue weighted by atomic mass is 79.9. The van der Waals surface area contributed by atoms with Crippen molar-refractivity contribution in [2.45, 2.75) is 33.1 Å². The van der Waals surface area contributed by atoms with Gasteiger partial charge in [-0.05, 0) is 46.5 Å². The van der Waals surface area contributed by atoms with E-state index in [2.05, 4.69) is 64.0 Å². The van der Waals surface area contributed by atoms with Crippen LogP contribution in [0.3, 0.4) is 0 Å². The minimum absolute atomic E-state index is 0.859. The molecule has 0 aliphatic rings. The molecule has 3 heteroatoms. The van der Waals surface area contributed by atoms with Gasteiger partial charge >= 0.3 is 0 Å². The molecule has 0 N–H and O–H groups in total. The van der Waals surface area contributed by atoms with E-state index in [1.54, 1.807) is 0 Å². The number of aryl methyl sites for hydroxylation is 2. The van der Waals surface area contributed by atoms with Crippen LogP contribution in [0.2, 0.25) is 0 Å². The molecule has 1 aromatic heterocycles. The molecule has 18 heavy (non-hydrogen) atoms. The van der Waals surface area contributed by atoms with Crippen molar-refractivity contribution in [3.05, 3.63) is 46.3 Å². The number of aromatic nitrogens is 2. The van der Waals surface area contributed by atoms with Gasteiger partial charge in [-0.2, -0.15) is 0 Å². The van der Waals surface area contributed by atoms with Crippen molar-refractivity contribution >= 4 is 15.9 Å². The second-order valence-corrected chi connectivity index (χ2v) is 5.11. The maximum atomic E-state index is 4.63. The summed E-state index contributed by atoms with van der Waals surface area (Å²) in [5.74, 6) is 0.906. The molecule has 0 amide bonds. The summed E-state index contributed by atoms with van der Waals surface area (Å²) in [4.78, 5) is 9.03. The van der Waals surface area contributed by atoms with Gasteiger partial charge in [0.25, 0.3) is 0 Å². The molecule has 0 spiro atoms. The normalized spacial score (nSPS) is 10.6. The van der Waals surface area contributed by atoms with Crippen LogP contribution in [-0.4, -0.2) is 9.97 Å². The van der Waals surface area contributed by atoms with Crippen molar-refractivity contribution in [1.82, 2.24) is 9.97 Å². The van der Waals surface area contributed by atoms with Crippen LogP contribution in [0.15, 0.2) is 34.9 Å². The third-order valence-electron chi connectivity index (χ3n) is 2.85. The van der Waals surface area contributed by atoms with E-state index in [0.29, 0.717) is 0 Å². The molecular formula is C15H17BrN2. The Bertz CT molecular complexity index is 538. The van der Waals surface area contributed by atoms with Crippen LogP contribution in [0.5, 0.6) is 0 Å². The van der Waals surface area contributed by atoms with Gasteiger partial charge in [0.1, 0.15) is 10.4 Å². The minimum atomic E-state index is 0.859. The maximum Gasteiger partial charge on any atom is 0.130 e. The van der Waals surface area contributed by atoms with Crippen molar-refractivity contribution in [1.29, 1.82) is 0 Å². The number of hydrogen-bond acceptors (Lipinski definition) is 2. The quantitative estimate of drug-likeness (QED) is 0.781. The molecule has 94 valence electrons. The number of nitrogens with zero attached hydrogens (tertiary/aromatic N) is 2. The summed E-state index contributed by atoms with van der Waals surface area (Å²) in [5.41, 5.74) is 3.49. The van der Waals surface area contributed by atoms with E-state index >= 15 is 0 Å². The maximum absolute atomic E-state index is 4.63. The molecule has 0 aliphatic heterocycles. The summed E-state index contributed by atoms with van der Waals surface area (Å²) >= 11 is 3.46. The number of halogens is 1. The van der Waals surface area contributed by atoms with Crippen molar-refractivity contribution in [3.63, 3.8) is 0 Å². The average molecular weight is 305 g/mol. The van der Waals surface area contributed by atoms with E-state index in [4.69, 9.17) is 0 Å². The molecule has 2 aromatic rings. The number of rotatable bonds is 4. The Kier molecular flexibility index (Phi) is 4.48. The largest absolute Gasteiger partial charge is 0.233 e. The molecule has 0 bridgehead atoms. The number of hydrogen-bond donors (Lipinski definition) is 0. The van der Waals surface area contributed by atoms with Crippen LogP contribution in [-0.2, 0) is 12.8 Å². The lowest BCUT2D eigenvalue weighted by Gasteiger charge is -2.06. The van der Waals surface area contributed by atoms with Crippen LogP contribution < -0.4 is 0 Å². The molecule has 2 rings (SSSR count). The van der Waals surface area contributed by atoms with Crippen molar-refractivity contribution in [3.8, 4) is 11.3 Å².